The number of thiophene rings is 1. The second-order valence-electron chi connectivity index (χ2n) is 4.25. The predicted molar refractivity (Wildman–Crippen MR) is 69.3 cm³/mol. The van der Waals surface area contributed by atoms with Gasteiger partial charge in [0.05, 0.1) is 18.7 Å². The topological polar surface area (TPSA) is 76.4 Å². The Morgan fingerprint density at radius 1 is 1.67 bits per heavy atom. The summed E-state index contributed by atoms with van der Waals surface area (Å²) in [4.78, 5) is 13.8. The molecule has 1 heterocycles. The van der Waals surface area contributed by atoms with Gasteiger partial charge in [0.25, 0.3) is 0 Å². The van der Waals surface area contributed by atoms with Gasteiger partial charge >= 0.3 is 0 Å². The lowest BCUT2D eigenvalue weighted by molar-refractivity contribution is -0.117. The Kier molecular flexibility index (Phi) is 4.31. The van der Waals surface area contributed by atoms with Crippen LogP contribution in [0.15, 0.2) is 11.4 Å². The van der Waals surface area contributed by atoms with Gasteiger partial charge < -0.3 is 10.4 Å². The summed E-state index contributed by atoms with van der Waals surface area (Å²) in [5, 5.41) is 22.9. The molecule has 5 nitrogen and oxygen atoms in total. The molecule has 1 aliphatic carbocycles. The van der Waals surface area contributed by atoms with Crippen LogP contribution >= 0.6 is 11.3 Å². The maximum absolute atomic E-state index is 11.9. The minimum Gasteiger partial charge on any atom is -0.395 e. The summed E-state index contributed by atoms with van der Waals surface area (Å²) in [7, 11) is 0. The number of hydrogen-bond acceptors (Lipinski definition) is 5. The summed E-state index contributed by atoms with van der Waals surface area (Å²) in [6, 6.07) is 4.16. The molecule has 0 saturated heterocycles. The second-order valence-corrected chi connectivity index (χ2v) is 5.16. The first-order chi connectivity index (χ1) is 8.74. The Bertz CT molecular complexity index is 462. The number of aliphatic hydroxyl groups excluding tert-OH is 1. The van der Waals surface area contributed by atoms with Crippen LogP contribution in [0.3, 0.4) is 0 Å². The summed E-state index contributed by atoms with van der Waals surface area (Å²) in [5.41, 5.74) is 0.494. The fraction of sp³-hybridized carbons (Fsp3) is 0.500. The summed E-state index contributed by atoms with van der Waals surface area (Å²) in [6.45, 7) is 0.855. The molecule has 1 fully saturated rings. The third-order valence-electron chi connectivity index (χ3n) is 2.84. The minimum atomic E-state index is -0.130. The summed E-state index contributed by atoms with van der Waals surface area (Å²) >= 11 is 1.34. The van der Waals surface area contributed by atoms with Crippen LogP contribution in [-0.4, -0.2) is 41.7 Å². The molecule has 2 rings (SSSR count). The number of amides is 1. The fourth-order valence-corrected chi connectivity index (χ4v) is 2.56. The van der Waals surface area contributed by atoms with Crippen LogP contribution in [0.5, 0.6) is 0 Å². The molecule has 0 aromatic carbocycles. The zero-order valence-electron chi connectivity index (χ0n) is 9.93. The third-order valence-corrected chi connectivity index (χ3v) is 3.67. The van der Waals surface area contributed by atoms with Gasteiger partial charge in [0, 0.05) is 12.6 Å². The van der Waals surface area contributed by atoms with E-state index in [-0.39, 0.29) is 19.1 Å². The lowest BCUT2D eigenvalue weighted by Crippen LogP contribution is -2.36. The van der Waals surface area contributed by atoms with E-state index >= 15 is 0 Å². The molecule has 0 unspecified atom stereocenters. The van der Waals surface area contributed by atoms with Crippen molar-refractivity contribution >= 4 is 22.2 Å². The second kappa shape index (κ2) is 5.96. The number of hydrogen-bond donors (Lipinski definition) is 2. The molecule has 1 saturated carbocycles. The van der Waals surface area contributed by atoms with Crippen molar-refractivity contribution in [3.05, 3.63) is 17.0 Å². The van der Waals surface area contributed by atoms with Crippen molar-refractivity contribution in [3.8, 4) is 6.07 Å². The highest BCUT2D eigenvalue weighted by Gasteiger charge is 2.29. The molecule has 0 bridgehead atoms. The van der Waals surface area contributed by atoms with Crippen molar-refractivity contribution in [2.75, 3.05) is 25.0 Å². The molecule has 0 radical (unpaired) electrons. The fourth-order valence-electron chi connectivity index (χ4n) is 1.80. The van der Waals surface area contributed by atoms with E-state index in [0.717, 1.165) is 12.8 Å². The quantitative estimate of drug-likeness (QED) is 0.805. The van der Waals surface area contributed by atoms with E-state index in [0.29, 0.717) is 23.2 Å². The van der Waals surface area contributed by atoms with Gasteiger partial charge in [-0.3, -0.25) is 9.69 Å². The van der Waals surface area contributed by atoms with E-state index in [4.69, 9.17) is 10.4 Å². The Morgan fingerprint density at radius 3 is 3.06 bits per heavy atom. The van der Waals surface area contributed by atoms with Crippen LogP contribution in [0, 0.1) is 11.3 Å². The van der Waals surface area contributed by atoms with E-state index in [9.17, 15) is 4.79 Å². The largest absolute Gasteiger partial charge is 0.395 e. The zero-order chi connectivity index (χ0) is 13.0. The highest BCUT2D eigenvalue weighted by Crippen LogP contribution is 2.27. The maximum atomic E-state index is 11.9. The van der Waals surface area contributed by atoms with Gasteiger partial charge in [0.2, 0.25) is 5.91 Å². The van der Waals surface area contributed by atoms with E-state index in [1.807, 2.05) is 11.0 Å². The highest BCUT2D eigenvalue weighted by molar-refractivity contribution is 7.14. The Morgan fingerprint density at radius 2 is 2.44 bits per heavy atom. The van der Waals surface area contributed by atoms with E-state index < -0.39 is 0 Å². The van der Waals surface area contributed by atoms with E-state index in [2.05, 4.69) is 5.32 Å². The van der Waals surface area contributed by atoms with Crippen molar-refractivity contribution in [1.29, 1.82) is 5.26 Å². The molecule has 0 spiro atoms. The SMILES string of the molecule is N#Cc1ccsc1NC(=O)CN(CCO)C1CC1. The predicted octanol–water partition coefficient (Wildman–Crippen LogP) is 1.01. The molecule has 0 atom stereocenters. The monoisotopic (exact) mass is 265 g/mol. The number of carbonyl (C=O) groups is 1. The number of nitrogens with one attached hydrogen (secondary N) is 1. The molecule has 18 heavy (non-hydrogen) atoms. The van der Waals surface area contributed by atoms with Gasteiger partial charge in [-0.05, 0) is 24.3 Å². The summed E-state index contributed by atoms with van der Waals surface area (Å²) < 4.78 is 0. The Balaban J connectivity index is 1.89. The van der Waals surface area contributed by atoms with Gasteiger partial charge in [-0.25, -0.2) is 0 Å². The van der Waals surface area contributed by atoms with Gasteiger partial charge in [-0.15, -0.1) is 11.3 Å². The molecular weight excluding hydrogens is 250 g/mol. The van der Waals surface area contributed by atoms with Crippen LogP contribution in [0.25, 0.3) is 0 Å². The average Bonchev–Trinajstić information content (AvgIpc) is 3.10. The molecule has 1 aliphatic rings. The molecular formula is C12H15N3O2S. The average molecular weight is 265 g/mol. The first-order valence-corrected chi connectivity index (χ1v) is 6.75. The summed E-state index contributed by atoms with van der Waals surface area (Å²) in [6.07, 6.45) is 2.19. The minimum absolute atomic E-state index is 0.0617. The first kappa shape index (κ1) is 13.0. The molecule has 1 aromatic rings. The molecule has 0 aliphatic heterocycles. The van der Waals surface area contributed by atoms with Crippen molar-refractivity contribution < 1.29 is 9.90 Å². The number of aliphatic hydroxyl groups is 1. The highest BCUT2D eigenvalue weighted by atomic mass is 32.1. The van der Waals surface area contributed by atoms with Gasteiger partial charge in [0.15, 0.2) is 0 Å². The molecule has 96 valence electrons. The zero-order valence-corrected chi connectivity index (χ0v) is 10.7. The lowest BCUT2D eigenvalue weighted by atomic mass is 10.3. The van der Waals surface area contributed by atoms with Gasteiger partial charge in [0.1, 0.15) is 11.1 Å². The smallest absolute Gasteiger partial charge is 0.239 e. The van der Waals surface area contributed by atoms with Crippen LogP contribution < -0.4 is 5.32 Å². The molecule has 6 heteroatoms. The number of rotatable bonds is 6. The lowest BCUT2D eigenvalue weighted by Gasteiger charge is -2.19. The van der Waals surface area contributed by atoms with E-state index in [1.54, 1.807) is 11.4 Å². The Labute approximate surface area is 110 Å². The van der Waals surface area contributed by atoms with E-state index in [1.165, 1.54) is 11.3 Å². The van der Waals surface area contributed by atoms with Crippen LogP contribution in [-0.2, 0) is 4.79 Å². The number of carbonyl (C=O) groups excluding carboxylic acids is 1. The Hall–Kier alpha value is -1.42. The van der Waals surface area contributed by atoms with Crippen molar-refractivity contribution in [1.82, 2.24) is 4.90 Å². The number of anilines is 1. The van der Waals surface area contributed by atoms with Gasteiger partial charge in [-0.2, -0.15) is 5.26 Å². The first-order valence-electron chi connectivity index (χ1n) is 5.87. The molecule has 1 aromatic heterocycles. The maximum Gasteiger partial charge on any atom is 0.239 e. The van der Waals surface area contributed by atoms with Crippen molar-refractivity contribution in [2.24, 2.45) is 0 Å². The van der Waals surface area contributed by atoms with Crippen molar-refractivity contribution in [3.63, 3.8) is 0 Å². The normalized spacial score (nSPS) is 14.5. The standard InChI is InChI=1S/C12H15N3O2S/c13-7-9-3-6-18-12(9)14-11(17)8-15(4-5-16)10-1-2-10/h3,6,10,16H,1-2,4-5,8H2,(H,14,17). The number of nitrogens with zero attached hydrogens (tertiary/aromatic N) is 2. The summed E-state index contributed by atoms with van der Waals surface area (Å²) in [5.74, 6) is -0.130. The molecule has 1 amide bonds. The molecule has 2 N–H and O–H groups in total. The number of nitriles is 1. The van der Waals surface area contributed by atoms with Gasteiger partial charge in [-0.1, -0.05) is 0 Å². The van der Waals surface area contributed by atoms with Crippen LogP contribution in [0.1, 0.15) is 18.4 Å². The third kappa shape index (κ3) is 3.29. The van der Waals surface area contributed by atoms with Crippen LogP contribution in [0.4, 0.5) is 5.00 Å². The van der Waals surface area contributed by atoms with Crippen LogP contribution in [0.2, 0.25) is 0 Å². The van der Waals surface area contributed by atoms with Crippen molar-refractivity contribution in [2.45, 2.75) is 18.9 Å².